The van der Waals surface area contributed by atoms with E-state index in [0.29, 0.717) is 6.42 Å². The van der Waals surface area contributed by atoms with E-state index in [1.54, 1.807) is 0 Å². The predicted molar refractivity (Wildman–Crippen MR) is 39.1 cm³/mol. The van der Waals surface area contributed by atoms with E-state index in [4.69, 9.17) is 0 Å². The van der Waals surface area contributed by atoms with E-state index in [2.05, 4.69) is 11.8 Å². The van der Waals surface area contributed by atoms with Crippen LogP contribution in [0.4, 0.5) is 0 Å². The maximum absolute atomic E-state index is 10.2. The third-order valence-corrected chi connectivity index (χ3v) is 1.03. The van der Waals surface area contributed by atoms with Crippen molar-refractivity contribution < 1.29 is 4.92 Å². The second kappa shape index (κ2) is 3.21. The number of hydrogen-bond donors (Lipinski definition) is 0. The van der Waals surface area contributed by atoms with Crippen LogP contribution in [0.1, 0.15) is 27.2 Å². The lowest BCUT2D eigenvalue weighted by atomic mass is 10.1. The van der Waals surface area contributed by atoms with Gasteiger partial charge in [0.25, 0.3) is 5.54 Å². The molecule has 3 heteroatoms. The Balaban J connectivity index is 4.26. The molecule has 56 valence electrons. The Labute approximate surface area is 60.6 Å². The Bertz CT molecular complexity index is 186. The molecule has 0 unspecified atom stereocenters. The molecular weight excluding hydrogens is 130 g/mol. The molecule has 3 nitrogen and oxygen atoms in total. The minimum absolute atomic E-state index is 0.379. The average molecular weight is 141 g/mol. The third kappa shape index (κ3) is 2.49. The van der Waals surface area contributed by atoms with E-state index < -0.39 is 5.54 Å². The van der Waals surface area contributed by atoms with Gasteiger partial charge in [0.1, 0.15) is 0 Å². The summed E-state index contributed by atoms with van der Waals surface area (Å²) in [5, 5.41) is 10.2. The lowest BCUT2D eigenvalue weighted by Gasteiger charge is -2.05. The average Bonchev–Trinajstić information content (AvgIpc) is 1.84. The first-order chi connectivity index (χ1) is 4.50. The van der Waals surface area contributed by atoms with Crippen molar-refractivity contribution in [1.29, 1.82) is 0 Å². The second-order valence-corrected chi connectivity index (χ2v) is 2.47. The zero-order valence-electron chi connectivity index (χ0n) is 6.47. The molecule has 0 bridgehead atoms. The Morgan fingerprint density at radius 2 is 2.10 bits per heavy atom. The zero-order valence-corrected chi connectivity index (χ0v) is 6.47. The van der Waals surface area contributed by atoms with Crippen molar-refractivity contribution in [1.82, 2.24) is 0 Å². The molecule has 10 heavy (non-hydrogen) atoms. The summed E-state index contributed by atoms with van der Waals surface area (Å²) in [6.07, 6.45) is 0.664. The zero-order chi connectivity index (χ0) is 8.20. The van der Waals surface area contributed by atoms with Crippen LogP contribution in [0.25, 0.3) is 0 Å². The molecule has 0 rings (SSSR count). The van der Waals surface area contributed by atoms with Crippen LogP contribution in [0.5, 0.6) is 0 Å². The van der Waals surface area contributed by atoms with Gasteiger partial charge in [-0.2, -0.15) is 0 Å². The summed E-state index contributed by atoms with van der Waals surface area (Å²) in [6.45, 7) is 4.86. The number of hydrogen-bond acceptors (Lipinski definition) is 2. The van der Waals surface area contributed by atoms with Crippen LogP contribution >= 0.6 is 0 Å². The van der Waals surface area contributed by atoms with E-state index in [-0.39, 0.29) is 4.92 Å². The van der Waals surface area contributed by atoms with Crippen LogP contribution in [-0.4, -0.2) is 10.5 Å². The lowest BCUT2D eigenvalue weighted by molar-refractivity contribution is -0.542. The van der Waals surface area contributed by atoms with Gasteiger partial charge in [-0.1, -0.05) is 12.8 Å². The molecule has 0 aliphatic carbocycles. The molecule has 0 aliphatic heterocycles. The molecule has 0 aromatic carbocycles. The van der Waals surface area contributed by atoms with Crippen molar-refractivity contribution in [3.05, 3.63) is 10.1 Å². The highest BCUT2D eigenvalue weighted by molar-refractivity contribution is 5.09. The Kier molecular flexibility index (Phi) is 2.88. The molecule has 0 amide bonds. The van der Waals surface area contributed by atoms with Gasteiger partial charge in [-0.25, -0.2) is 0 Å². The summed E-state index contributed by atoms with van der Waals surface area (Å²) in [6, 6.07) is 0. The molecule has 0 N–H and O–H groups in total. The van der Waals surface area contributed by atoms with Crippen LogP contribution in [0.3, 0.4) is 0 Å². The van der Waals surface area contributed by atoms with Crippen LogP contribution < -0.4 is 0 Å². The fourth-order valence-corrected chi connectivity index (χ4v) is 0.350. The minimum Gasteiger partial charge on any atom is -0.263 e. The van der Waals surface area contributed by atoms with E-state index in [9.17, 15) is 10.1 Å². The van der Waals surface area contributed by atoms with Crippen molar-refractivity contribution in [3.8, 4) is 11.8 Å². The van der Waals surface area contributed by atoms with Crippen molar-refractivity contribution in [2.75, 3.05) is 0 Å². The van der Waals surface area contributed by atoms with Crippen molar-refractivity contribution >= 4 is 0 Å². The van der Waals surface area contributed by atoms with Gasteiger partial charge in [-0.3, -0.25) is 10.1 Å². The van der Waals surface area contributed by atoms with Gasteiger partial charge >= 0.3 is 0 Å². The van der Waals surface area contributed by atoms with E-state index in [1.165, 1.54) is 13.8 Å². The number of rotatable bonds is 1. The van der Waals surface area contributed by atoms with Gasteiger partial charge in [-0.05, 0) is 5.92 Å². The largest absolute Gasteiger partial charge is 0.275 e. The second-order valence-electron chi connectivity index (χ2n) is 2.47. The van der Waals surface area contributed by atoms with Gasteiger partial charge in [0, 0.05) is 25.2 Å². The molecule has 0 aromatic heterocycles. The Hall–Kier alpha value is -1.04. The maximum Gasteiger partial charge on any atom is 0.275 e. The fourth-order valence-electron chi connectivity index (χ4n) is 0.350. The van der Waals surface area contributed by atoms with Crippen molar-refractivity contribution in [2.24, 2.45) is 0 Å². The first-order valence-corrected chi connectivity index (χ1v) is 3.15. The molecule has 0 aromatic rings. The van der Waals surface area contributed by atoms with Gasteiger partial charge in [0.15, 0.2) is 0 Å². The third-order valence-electron chi connectivity index (χ3n) is 1.03. The van der Waals surface area contributed by atoms with E-state index in [1.807, 2.05) is 6.92 Å². The number of nitrogens with zero attached hydrogens (tertiary/aromatic N) is 1. The number of nitro groups is 1. The summed E-state index contributed by atoms with van der Waals surface area (Å²) in [7, 11) is 0. The highest BCUT2D eigenvalue weighted by Gasteiger charge is 2.26. The van der Waals surface area contributed by atoms with Gasteiger partial charge in [0.05, 0.1) is 0 Å². The Morgan fingerprint density at radius 3 is 2.40 bits per heavy atom. The fraction of sp³-hybridized carbons (Fsp3) is 0.714. The summed E-state index contributed by atoms with van der Waals surface area (Å²) in [4.78, 5) is 9.85. The quantitative estimate of drug-likeness (QED) is 0.315. The summed E-state index contributed by atoms with van der Waals surface area (Å²) in [5.74, 6) is 5.24. The molecule has 0 aliphatic rings. The standard InChI is InChI=1S/C7H11NO2/c1-4-5-6-7(2,3)8(9)10/h4H2,1-3H3. The maximum atomic E-state index is 10.2. The smallest absolute Gasteiger partial charge is 0.263 e. The molecule has 0 spiro atoms. The molecule has 0 atom stereocenters. The molecule has 0 heterocycles. The highest BCUT2D eigenvalue weighted by atomic mass is 16.6. The molecular formula is C7H11NO2. The normalized spacial score (nSPS) is 9.90. The monoisotopic (exact) mass is 141 g/mol. The van der Waals surface area contributed by atoms with Gasteiger partial charge < -0.3 is 0 Å². The highest BCUT2D eigenvalue weighted by Crippen LogP contribution is 2.04. The summed E-state index contributed by atoms with van der Waals surface area (Å²) >= 11 is 0. The van der Waals surface area contributed by atoms with Crippen LogP contribution in [0, 0.1) is 22.0 Å². The van der Waals surface area contributed by atoms with Gasteiger partial charge in [-0.15, -0.1) is 0 Å². The predicted octanol–water partition coefficient (Wildman–Crippen LogP) is 1.46. The van der Waals surface area contributed by atoms with Crippen LogP contribution in [-0.2, 0) is 0 Å². The van der Waals surface area contributed by atoms with Crippen molar-refractivity contribution in [3.63, 3.8) is 0 Å². The molecule has 0 radical (unpaired) electrons. The minimum atomic E-state index is -1.09. The van der Waals surface area contributed by atoms with Crippen LogP contribution in [0.15, 0.2) is 0 Å². The van der Waals surface area contributed by atoms with Crippen LogP contribution in [0.2, 0.25) is 0 Å². The van der Waals surface area contributed by atoms with Crippen molar-refractivity contribution in [2.45, 2.75) is 32.7 Å². The topological polar surface area (TPSA) is 43.1 Å². The molecule has 0 saturated carbocycles. The van der Waals surface area contributed by atoms with E-state index in [0.717, 1.165) is 0 Å². The first-order valence-electron chi connectivity index (χ1n) is 3.15. The molecule has 0 saturated heterocycles. The Morgan fingerprint density at radius 1 is 1.60 bits per heavy atom. The summed E-state index contributed by atoms with van der Waals surface area (Å²) < 4.78 is 0. The SMILES string of the molecule is CCC#CC(C)(C)[N+](=O)[O-]. The lowest BCUT2D eigenvalue weighted by Crippen LogP contribution is -2.28. The molecule has 0 fully saturated rings. The first kappa shape index (κ1) is 8.96. The summed E-state index contributed by atoms with van der Waals surface area (Å²) in [5.41, 5.74) is -1.09. The van der Waals surface area contributed by atoms with Gasteiger partial charge in [0.2, 0.25) is 0 Å². The van der Waals surface area contributed by atoms with E-state index >= 15 is 0 Å².